The smallest absolute Gasteiger partial charge is 0.246 e. The summed E-state index contributed by atoms with van der Waals surface area (Å²) in [6.45, 7) is 0.0658. The molecule has 0 unspecified atom stereocenters. The number of aromatic amines is 1. The zero-order valence-corrected chi connectivity index (χ0v) is 32.0. The lowest BCUT2D eigenvalue weighted by Gasteiger charge is -2.31. The van der Waals surface area contributed by atoms with Gasteiger partial charge < -0.3 is 52.4 Å². The molecule has 0 bridgehead atoms. The Morgan fingerprint density at radius 2 is 1.24 bits per heavy atom. The van der Waals surface area contributed by atoms with Crippen LogP contribution >= 0.6 is 0 Å². The first kappa shape index (κ1) is 41.2. The van der Waals surface area contributed by atoms with Crippen LogP contribution in [0.4, 0.5) is 0 Å². The van der Waals surface area contributed by atoms with Crippen molar-refractivity contribution in [3.05, 3.63) is 95.7 Å². The van der Waals surface area contributed by atoms with Crippen molar-refractivity contribution in [3.63, 3.8) is 0 Å². The Bertz CT molecular complexity index is 2100. The Morgan fingerprint density at radius 3 is 1.91 bits per heavy atom. The summed E-state index contributed by atoms with van der Waals surface area (Å²) in [5.74, 6) is -3.74. The monoisotopic (exact) mass is 794 g/mol. The van der Waals surface area contributed by atoms with Crippen molar-refractivity contribution >= 4 is 46.3 Å². The van der Waals surface area contributed by atoms with Gasteiger partial charge in [0.15, 0.2) is 0 Å². The lowest BCUT2D eigenvalue weighted by atomic mass is 10.0. The maximum absolute atomic E-state index is 14.4. The van der Waals surface area contributed by atoms with E-state index in [4.69, 9.17) is 5.73 Å². The predicted molar refractivity (Wildman–Crippen MR) is 214 cm³/mol. The quantitative estimate of drug-likeness (QED) is 0.103. The Labute approximate surface area is 335 Å². The first-order valence-electron chi connectivity index (χ1n) is 19.6. The van der Waals surface area contributed by atoms with Gasteiger partial charge in [0.05, 0.1) is 6.54 Å². The average molecular weight is 795 g/mol. The largest absolute Gasteiger partial charge is 0.508 e. The molecule has 3 aromatic carbocycles. The summed E-state index contributed by atoms with van der Waals surface area (Å²) in [5, 5.41) is 34.4. The van der Waals surface area contributed by atoms with E-state index in [1.165, 1.54) is 29.2 Å². The molecule has 58 heavy (non-hydrogen) atoms. The fourth-order valence-corrected chi connectivity index (χ4v) is 7.49. The standard InChI is InChI=1S/C42H50N8O8/c43-18-4-3-8-32-38(54)49-35(21-26-12-16-29(52)17-13-26)42(58)50-19-5-9-36(50)41(57)45-24-37(53)46-33(20-25-10-14-28(51)15-11-25)39(55)48-34(40(56)47-32)22-27-23-44-31-7-2-1-6-30(27)31/h1-2,6-7,10-17,23,32-36,44,51-52H,3-5,8-9,18-22,24,43H2,(H,45,57)(H,46,53)(H,47,56)(H,48,55)(H,49,54)/t32-,33-,34-,35-,36-/m0/s1. The number of nitrogens with zero attached hydrogens (tertiary/aromatic N) is 1. The number of carbonyl (C=O) groups excluding carboxylic acids is 6. The van der Waals surface area contributed by atoms with Gasteiger partial charge in [-0.1, -0.05) is 42.5 Å². The van der Waals surface area contributed by atoms with Gasteiger partial charge in [0, 0.05) is 42.9 Å². The van der Waals surface area contributed by atoms with Crippen molar-refractivity contribution in [1.29, 1.82) is 0 Å². The fraction of sp³-hybridized carbons (Fsp3) is 0.381. The number of phenols is 2. The summed E-state index contributed by atoms with van der Waals surface area (Å²) in [6, 6.07) is 14.0. The Kier molecular flexibility index (Phi) is 13.6. The number of carbonyl (C=O) groups is 6. The number of para-hydroxylation sites is 1. The van der Waals surface area contributed by atoms with Gasteiger partial charge in [-0.2, -0.15) is 0 Å². The predicted octanol–water partition coefficient (Wildman–Crippen LogP) is 0.796. The highest BCUT2D eigenvalue weighted by molar-refractivity contribution is 5.98. The number of phenolic OH excluding ortho intramolecular Hbond substituents is 2. The van der Waals surface area contributed by atoms with E-state index in [0.29, 0.717) is 48.9 Å². The lowest BCUT2D eigenvalue weighted by molar-refractivity contribution is -0.142. The van der Waals surface area contributed by atoms with Crippen molar-refractivity contribution < 1.29 is 39.0 Å². The summed E-state index contributed by atoms with van der Waals surface area (Å²) in [5.41, 5.74) is 8.54. The molecule has 5 atom stereocenters. The van der Waals surface area contributed by atoms with E-state index in [2.05, 4.69) is 31.6 Å². The summed E-state index contributed by atoms with van der Waals surface area (Å²) in [6.07, 6.45) is 3.73. The molecule has 16 heteroatoms. The molecule has 4 aromatic rings. The third kappa shape index (κ3) is 10.5. The van der Waals surface area contributed by atoms with Crippen LogP contribution in [0.2, 0.25) is 0 Å². The number of hydrogen-bond donors (Lipinski definition) is 9. The molecule has 2 saturated heterocycles. The molecule has 2 fully saturated rings. The molecule has 1 aromatic heterocycles. The number of fused-ring (bicyclic) bond motifs is 2. The van der Waals surface area contributed by atoms with E-state index >= 15 is 0 Å². The van der Waals surface area contributed by atoms with Crippen molar-refractivity contribution in [1.82, 2.24) is 36.5 Å². The van der Waals surface area contributed by atoms with Gasteiger partial charge in [-0.3, -0.25) is 28.8 Å². The van der Waals surface area contributed by atoms with Gasteiger partial charge in [-0.15, -0.1) is 0 Å². The van der Waals surface area contributed by atoms with E-state index in [-0.39, 0.29) is 43.7 Å². The second kappa shape index (κ2) is 19.1. The van der Waals surface area contributed by atoms with Crippen LogP contribution in [0.3, 0.4) is 0 Å². The maximum Gasteiger partial charge on any atom is 0.246 e. The third-order valence-corrected chi connectivity index (χ3v) is 10.6. The lowest BCUT2D eigenvalue weighted by Crippen LogP contribution is -2.60. The number of unbranched alkanes of at least 4 members (excludes halogenated alkanes) is 1. The Hall–Kier alpha value is -6.42. The van der Waals surface area contributed by atoms with Crippen molar-refractivity contribution in [2.45, 2.75) is 81.6 Å². The number of benzene rings is 3. The van der Waals surface area contributed by atoms with Crippen molar-refractivity contribution in [3.8, 4) is 11.5 Å². The number of aromatic hydroxyl groups is 2. The van der Waals surface area contributed by atoms with E-state index in [9.17, 15) is 39.0 Å². The highest BCUT2D eigenvalue weighted by Gasteiger charge is 2.39. The summed E-state index contributed by atoms with van der Waals surface area (Å²) < 4.78 is 0. The van der Waals surface area contributed by atoms with Crippen molar-refractivity contribution in [2.24, 2.45) is 5.73 Å². The summed E-state index contributed by atoms with van der Waals surface area (Å²) in [7, 11) is 0. The minimum Gasteiger partial charge on any atom is -0.508 e. The zero-order chi connectivity index (χ0) is 41.2. The molecule has 0 spiro atoms. The van der Waals surface area contributed by atoms with E-state index in [1.54, 1.807) is 30.5 Å². The second-order valence-electron chi connectivity index (χ2n) is 14.8. The first-order valence-corrected chi connectivity index (χ1v) is 19.6. The summed E-state index contributed by atoms with van der Waals surface area (Å²) in [4.78, 5) is 88.8. The Morgan fingerprint density at radius 1 is 0.655 bits per heavy atom. The van der Waals surface area contributed by atoms with Gasteiger partial charge in [0.2, 0.25) is 35.4 Å². The average Bonchev–Trinajstić information content (AvgIpc) is 3.88. The van der Waals surface area contributed by atoms with Gasteiger partial charge in [-0.25, -0.2) is 0 Å². The van der Waals surface area contributed by atoms with E-state index in [0.717, 1.165) is 10.9 Å². The molecule has 3 heterocycles. The molecule has 0 radical (unpaired) electrons. The van der Waals surface area contributed by atoms with Crippen LogP contribution in [0.5, 0.6) is 11.5 Å². The number of aromatic nitrogens is 1. The van der Waals surface area contributed by atoms with Crippen molar-refractivity contribution in [2.75, 3.05) is 19.6 Å². The molecule has 306 valence electrons. The number of hydrogen-bond acceptors (Lipinski definition) is 9. The third-order valence-electron chi connectivity index (χ3n) is 10.6. The fourth-order valence-electron chi connectivity index (χ4n) is 7.49. The van der Waals surface area contributed by atoms with Gasteiger partial charge >= 0.3 is 0 Å². The molecule has 0 aliphatic carbocycles. The van der Waals surface area contributed by atoms with Crippen LogP contribution in [0.15, 0.2) is 79.0 Å². The highest BCUT2D eigenvalue weighted by Crippen LogP contribution is 2.22. The second-order valence-corrected chi connectivity index (χ2v) is 14.8. The molecule has 16 nitrogen and oxygen atoms in total. The van der Waals surface area contributed by atoms with E-state index in [1.807, 2.05) is 24.3 Å². The van der Waals surface area contributed by atoms with Crippen LogP contribution in [-0.2, 0) is 48.0 Å². The Balaban J connectivity index is 1.36. The van der Waals surface area contributed by atoms with Gasteiger partial charge in [0.1, 0.15) is 41.7 Å². The number of H-pyrrole nitrogens is 1. The van der Waals surface area contributed by atoms with Crippen LogP contribution in [-0.4, -0.2) is 105 Å². The number of nitrogens with two attached hydrogens (primary N) is 1. The molecule has 6 amide bonds. The minimum absolute atomic E-state index is 0.00692. The molecule has 10 N–H and O–H groups in total. The number of amides is 6. The highest BCUT2D eigenvalue weighted by atomic mass is 16.3. The van der Waals surface area contributed by atoms with Crippen LogP contribution < -0.4 is 32.3 Å². The first-order chi connectivity index (χ1) is 28.0. The molecule has 6 rings (SSSR count). The zero-order valence-electron chi connectivity index (χ0n) is 32.0. The molecule has 0 saturated carbocycles. The van der Waals surface area contributed by atoms with Crippen LogP contribution in [0.1, 0.15) is 48.8 Å². The molecule has 2 aliphatic heterocycles. The number of rotatable bonds is 10. The normalized spacial score (nSPS) is 22.6. The van der Waals surface area contributed by atoms with Gasteiger partial charge in [0.25, 0.3) is 0 Å². The minimum atomic E-state index is -1.24. The molecule has 2 aliphatic rings. The van der Waals surface area contributed by atoms with E-state index < -0.39 is 72.2 Å². The summed E-state index contributed by atoms with van der Waals surface area (Å²) >= 11 is 0. The maximum atomic E-state index is 14.4. The molecular formula is C42H50N8O8. The molecular weight excluding hydrogens is 745 g/mol. The SMILES string of the molecule is NCCCC[C@@H]1NC(=O)[C@H](Cc2c[nH]c3ccccc23)NC(=O)[C@H](Cc2ccc(O)cc2)NC(=O)CNC(=O)[C@@H]2CCCN2C(=O)[C@H](Cc2ccc(O)cc2)NC1=O. The van der Waals surface area contributed by atoms with Crippen LogP contribution in [0, 0.1) is 0 Å². The van der Waals surface area contributed by atoms with Crippen LogP contribution in [0.25, 0.3) is 10.9 Å². The van der Waals surface area contributed by atoms with Gasteiger partial charge in [-0.05, 0) is 85.7 Å². The number of nitrogens with one attached hydrogen (secondary N) is 6. The topological polar surface area (TPSA) is 248 Å².